The fourth-order valence-electron chi connectivity index (χ4n) is 2.18. The van der Waals surface area contributed by atoms with E-state index in [-0.39, 0.29) is 0 Å². The van der Waals surface area contributed by atoms with E-state index in [0.717, 1.165) is 22.0 Å². The third-order valence-electron chi connectivity index (χ3n) is 3.25. The molecule has 0 fully saturated rings. The maximum atomic E-state index is 6.22. The molecule has 0 aliphatic carbocycles. The van der Waals surface area contributed by atoms with Gasteiger partial charge in [0, 0.05) is 36.9 Å². The molecule has 5 nitrogen and oxygen atoms in total. The van der Waals surface area contributed by atoms with Crippen LogP contribution in [0.4, 0.5) is 0 Å². The van der Waals surface area contributed by atoms with Crippen LogP contribution in [0.5, 0.6) is 0 Å². The molecule has 0 saturated heterocycles. The molecule has 0 aliphatic heterocycles. The van der Waals surface area contributed by atoms with Crippen molar-refractivity contribution < 1.29 is 4.74 Å². The van der Waals surface area contributed by atoms with Gasteiger partial charge < -0.3 is 9.30 Å². The molecule has 3 rings (SSSR count). The molecule has 3 aromatic rings. The van der Waals surface area contributed by atoms with Crippen LogP contribution in [0.1, 0.15) is 11.4 Å². The summed E-state index contributed by atoms with van der Waals surface area (Å²) in [6.45, 7) is 1.04. The van der Waals surface area contributed by atoms with Crippen LogP contribution >= 0.6 is 11.6 Å². The van der Waals surface area contributed by atoms with Crippen molar-refractivity contribution >= 4 is 11.6 Å². The normalized spacial score (nSPS) is 10.8. The van der Waals surface area contributed by atoms with Crippen LogP contribution in [0, 0.1) is 0 Å². The Labute approximate surface area is 133 Å². The van der Waals surface area contributed by atoms with Crippen molar-refractivity contribution in [2.45, 2.75) is 13.2 Å². The average molecular weight is 315 g/mol. The number of hydrogen-bond acceptors (Lipinski definition) is 4. The number of imidazole rings is 1. The van der Waals surface area contributed by atoms with Crippen molar-refractivity contribution in [3.8, 4) is 11.4 Å². The predicted octanol–water partition coefficient (Wildman–Crippen LogP) is 3.19. The lowest BCUT2D eigenvalue weighted by Gasteiger charge is -2.09. The van der Waals surface area contributed by atoms with E-state index in [9.17, 15) is 0 Å². The number of methoxy groups -OCH3 is 1. The van der Waals surface area contributed by atoms with Gasteiger partial charge in [-0.1, -0.05) is 29.8 Å². The highest BCUT2D eigenvalue weighted by molar-refractivity contribution is 6.31. The van der Waals surface area contributed by atoms with E-state index in [1.165, 1.54) is 0 Å². The number of hydrogen-bond donors (Lipinski definition) is 0. The number of nitrogens with zero attached hydrogens (tertiary/aromatic N) is 4. The molecule has 2 aromatic heterocycles. The van der Waals surface area contributed by atoms with E-state index < -0.39 is 0 Å². The summed E-state index contributed by atoms with van der Waals surface area (Å²) in [6, 6.07) is 7.78. The first-order valence-corrected chi connectivity index (χ1v) is 7.20. The molecule has 22 heavy (non-hydrogen) atoms. The van der Waals surface area contributed by atoms with Crippen molar-refractivity contribution in [2.75, 3.05) is 7.11 Å². The van der Waals surface area contributed by atoms with Gasteiger partial charge >= 0.3 is 0 Å². The summed E-state index contributed by atoms with van der Waals surface area (Å²) in [5.74, 6) is 1.46. The lowest BCUT2D eigenvalue weighted by atomic mass is 10.2. The van der Waals surface area contributed by atoms with Gasteiger partial charge in [0.1, 0.15) is 12.4 Å². The van der Waals surface area contributed by atoms with Crippen molar-refractivity contribution in [1.82, 2.24) is 19.5 Å². The molecule has 0 radical (unpaired) electrons. The first kappa shape index (κ1) is 14.7. The molecule has 0 unspecified atom stereocenters. The SMILES string of the molecule is COCc1ncc(-c2nccn2Cc2ccccc2Cl)cn1. The van der Waals surface area contributed by atoms with Crippen LogP contribution in [0.3, 0.4) is 0 Å². The van der Waals surface area contributed by atoms with Gasteiger partial charge in [-0.2, -0.15) is 0 Å². The van der Waals surface area contributed by atoms with Crippen LogP contribution < -0.4 is 0 Å². The van der Waals surface area contributed by atoms with Gasteiger partial charge in [-0.05, 0) is 11.6 Å². The fourth-order valence-corrected chi connectivity index (χ4v) is 2.38. The highest BCUT2D eigenvalue weighted by atomic mass is 35.5. The van der Waals surface area contributed by atoms with Crippen LogP contribution in [-0.4, -0.2) is 26.6 Å². The molecule has 112 valence electrons. The zero-order valence-electron chi connectivity index (χ0n) is 12.1. The Morgan fingerprint density at radius 3 is 2.64 bits per heavy atom. The molecule has 2 heterocycles. The summed E-state index contributed by atoms with van der Waals surface area (Å²) in [4.78, 5) is 12.9. The number of ether oxygens (including phenoxy) is 1. The number of halogens is 1. The quantitative estimate of drug-likeness (QED) is 0.726. The minimum absolute atomic E-state index is 0.397. The lowest BCUT2D eigenvalue weighted by Crippen LogP contribution is -2.03. The van der Waals surface area contributed by atoms with Crippen molar-refractivity contribution in [1.29, 1.82) is 0 Å². The second-order valence-electron chi connectivity index (χ2n) is 4.79. The van der Waals surface area contributed by atoms with Gasteiger partial charge in [0.05, 0.1) is 12.1 Å². The first-order valence-electron chi connectivity index (χ1n) is 6.82. The zero-order valence-corrected chi connectivity index (χ0v) is 12.9. The lowest BCUT2D eigenvalue weighted by molar-refractivity contribution is 0.178. The predicted molar refractivity (Wildman–Crippen MR) is 84.5 cm³/mol. The summed E-state index contributed by atoms with van der Waals surface area (Å²) >= 11 is 6.22. The Morgan fingerprint density at radius 1 is 1.14 bits per heavy atom. The average Bonchev–Trinajstić information content (AvgIpc) is 2.99. The van der Waals surface area contributed by atoms with Crippen molar-refractivity contribution in [3.63, 3.8) is 0 Å². The van der Waals surface area contributed by atoms with Gasteiger partial charge in [-0.15, -0.1) is 0 Å². The van der Waals surface area contributed by atoms with E-state index in [1.807, 2.05) is 35.0 Å². The van der Waals surface area contributed by atoms with Crippen molar-refractivity contribution in [2.24, 2.45) is 0 Å². The second-order valence-corrected chi connectivity index (χ2v) is 5.20. The van der Waals surface area contributed by atoms with E-state index in [4.69, 9.17) is 16.3 Å². The van der Waals surface area contributed by atoms with Crippen LogP contribution in [-0.2, 0) is 17.9 Å². The Balaban J connectivity index is 1.87. The molecule has 1 aromatic carbocycles. The third kappa shape index (κ3) is 3.16. The van der Waals surface area contributed by atoms with E-state index in [1.54, 1.807) is 25.7 Å². The molecular weight excluding hydrogens is 300 g/mol. The zero-order chi connectivity index (χ0) is 15.4. The van der Waals surface area contributed by atoms with Crippen LogP contribution in [0.2, 0.25) is 5.02 Å². The standard InChI is InChI=1S/C16H15ClN4O/c1-22-11-15-19-8-13(9-20-15)16-18-6-7-21(16)10-12-4-2-3-5-14(12)17/h2-9H,10-11H2,1H3. The summed E-state index contributed by atoms with van der Waals surface area (Å²) in [7, 11) is 1.62. The third-order valence-corrected chi connectivity index (χ3v) is 3.62. The smallest absolute Gasteiger partial charge is 0.153 e. The summed E-state index contributed by atoms with van der Waals surface area (Å²) in [5, 5.41) is 0.744. The van der Waals surface area contributed by atoms with Gasteiger partial charge in [0.25, 0.3) is 0 Å². The van der Waals surface area contributed by atoms with E-state index >= 15 is 0 Å². The van der Waals surface area contributed by atoms with Gasteiger partial charge in [-0.25, -0.2) is 15.0 Å². The topological polar surface area (TPSA) is 52.8 Å². The molecule has 0 atom stereocenters. The molecule has 0 saturated carbocycles. The van der Waals surface area contributed by atoms with Crippen molar-refractivity contribution in [3.05, 3.63) is 65.5 Å². The Hall–Kier alpha value is -2.24. The highest BCUT2D eigenvalue weighted by Gasteiger charge is 2.09. The highest BCUT2D eigenvalue weighted by Crippen LogP contribution is 2.20. The second kappa shape index (κ2) is 6.68. The Bertz CT molecular complexity index is 755. The molecule has 0 aliphatic rings. The van der Waals surface area contributed by atoms with E-state index in [0.29, 0.717) is 19.0 Å². The van der Waals surface area contributed by atoms with Crippen LogP contribution in [0.25, 0.3) is 11.4 Å². The number of aromatic nitrogens is 4. The van der Waals surface area contributed by atoms with Gasteiger partial charge in [-0.3, -0.25) is 0 Å². The molecule has 0 amide bonds. The Kier molecular flexibility index (Phi) is 4.46. The number of benzene rings is 1. The molecular formula is C16H15ClN4O. The minimum atomic E-state index is 0.397. The minimum Gasteiger partial charge on any atom is -0.377 e. The largest absolute Gasteiger partial charge is 0.377 e. The molecule has 0 N–H and O–H groups in total. The first-order chi connectivity index (χ1) is 10.8. The summed E-state index contributed by atoms with van der Waals surface area (Å²) < 4.78 is 7.04. The molecule has 0 spiro atoms. The fraction of sp³-hybridized carbons (Fsp3) is 0.188. The van der Waals surface area contributed by atoms with Gasteiger partial charge in [0.15, 0.2) is 5.82 Å². The molecule has 0 bridgehead atoms. The molecule has 6 heteroatoms. The van der Waals surface area contributed by atoms with E-state index in [2.05, 4.69) is 15.0 Å². The van der Waals surface area contributed by atoms with Crippen LogP contribution in [0.15, 0.2) is 49.1 Å². The number of rotatable bonds is 5. The maximum absolute atomic E-state index is 6.22. The summed E-state index contributed by atoms with van der Waals surface area (Å²) in [5.41, 5.74) is 1.90. The maximum Gasteiger partial charge on any atom is 0.153 e. The summed E-state index contributed by atoms with van der Waals surface area (Å²) in [6.07, 6.45) is 7.19. The monoisotopic (exact) mass is 314 g/mol. The van der Waals surface area contributed by atoms with Gasteiger partial charge in [0.2, 0.25) is 0 Å². The Morgan fingerprint density at radius 2 is 1.91 bits per heavy atom.